The summed E-state index contributed by atoms with van der Waals surface area (Å²) in [6.07, 6.45) is -9.53. The normalized spacial score (nSPS) is 37.7. The van der Waals surface area contributed by atoms with E-state index in [2.05, 4.69) is 42.2 Å². The van der Waals surface area contributed by atoms with Crippen molar-refractivity contribution in [1.82, 2.24) is 39.0 Å². The number of anilines is 2. The summed E-state index contributed by atoms with van der Waals surface area (Å²) in [5.74, 6) is -0.208. The number of H-pyrrole nitrogens is 1. The third-order valence-electron chi connectivity index (χ3n) is 7.36. The molecule has 240 valence electrons. The number of nitrogen functional groups attached to an aromatic ring is 2. The third-order valence-corrected chi connectivity index (χ3v) is 10.2. The van der Waals surface area contributed by atoms with Gasteiger partial charge in [0.1, 0.15) is 36.3 Å². The summed E-state index contributed by atoms with van der Waals surface area (Å²) in [6, 6.07) is 0. The molecule has 4 aromatic heterocycles. The average Bonchev–Trinajstić information content (AvgIpc) is 3.72. The van der Waals surface area contributed by atoms with Crippen LogP contribution in [0.25, 0.3) is 22.3 Å². The average molecular weight is 690 g/mol. The van der Waals surface area contributed by atoms with Gasteiger partial charge >= 0.3 is 6.80 Å². The zero-order valence-corrected chi connectivity index (χ0v) is 25.5. The quantitative estimate of drug-likeness (QED) is 0.125. The van der Waals surface area contributed by atoms with E-state index in [9.17, 15) is 13.9 Å². The van der Waals surface area contributed by atoms with Crippen molar-refractivity contribution in [3.05, 3.63) is 29.3 Å². The topological polar surface area (TPSA) is 249 Å². The molecule has 0 saturated carbocycles. The van der Waals surface area contributed by atoms with Crippen LogP contribution in [0.1, 0.15) is 12.5 Å². The van der Waals surface area contributed by atoms with Crippen molar-refractivity contribution in [2.24, 2.45) is 0 Å². The molecule has 3 fully saturated rings. The maximum absolute atomic E-state index is 16.0. The van der Waals surface area contributed by atoms with Crippen molar-refractivity contribution < 1.29 is 45.5 Å². The Balaban J connectivity index is 1.17. The summed E-state index contributed by atoms with van der Waals surface area (Å²) in [5, 5.41) is 0. The molecule has 7 heterocycles. The summed E-state index contributed by atoms with van der Waals surface area (Å²) >= 11 is 3.98. The molecule has 45 heavy (non-hydrogen) atoms. The molecule has 0 aromatic carbocycles. The van der Waals surface area contributed by atoms with E-state index in [-0.39, 0.29) is 34.1 Å². The van der Waals surface area contributed by atoms with Crippen molar-refractivity contribution in [2.45, 2.75) is 49.2 Å². The van der Waals surface area contributed by atoms with E-state index in [1.54, 1.807) is 0 Å². The molecule has 10 atom stereocenters. The SMILES string of the molecule is B[P@]1(=O)OC[C@H]2O[C@@H](n3cnc4c(=O)[nH]c(N)nc43)C(F)C2O[P@@](=O)(S)OC[C@H]2O[C@@H](n3cnc4c(N)ncnc43)C(F)C2O1. The summed E-state index contributed by atoms with van der Waals surface area (Å²) in [6.45, 7) is -5.70. The van der Waals surface area contributed by atoms with E-state index in [4.69, 9.17) is 39.0 Å². The number of halogens is 2. The largest absolute Gasteiger partial charge is 0.386 e. The number of hydrogen-bond acceptors (Lipinski definition) is 16. The van der Waals surface area contributed by atoms with E-state index >= 15 is 8.78 Å². The van der Waals surface area contributed by atoms with Crippen molar-refractivity contribution in [1.29, 1.82) is 0 Å². The van der Waals surface area contributed by atoms with Gasteiger partial charge in [-0.3, -0.25) is 32.5 Å². The standard InChI is InChI=1S/C20H23BF2N10O9P2S/c21-43(35)37-1-6-13(9(23)19(39-6)33-5-29-11-16(33)30-20(25)31-17(11)34)42-44(36,45)38-2-7-12(41-43)8(22)18(40-7)32-4-28-10-14(24)26-3-27-15(10)32/h3-9,12-13,18-19H,1-2,21H2,(H,36,45)(H2,24,26,27)(H3,25,30,31,34)/t6-,7-,8?,9?,12?,13?,18-,19-,43+,44+/m1/s1. The molecule has 0 bridgehead atoms. The third kappa shape index (κ3) is 5.45. The first-order valence-corrected chi connectivity index (χ1v) is 17.8. The lowest BCUT2D eigenvalue weighted by atomic mass is 10.1. The Kier molecular flexibility index (Phi) is 7.53. The number of thiol groups is 1. The number of aromatic amines is 1. The Bertz CT molecular complexity index is 1950. The molecule has 7 rings (SSSR count). The number of imidazole rings is 2. The second-order valence-electron chi connectivity index (χ2n) is 10.3. The van der Waals surface area contributed by atoms with Gasteiger partial charge in [-0.1, -0.05) is 12.2 Å². The Morgan fingerprint density at radius 3 is 2.20 bits per heavy atom. The van der Waals surface area contributed by atoms with E-state index in [0.717, 1.165) is 24.8 Å². The fourth-order valence-electron chi connectivity index (χ4n) is 5.35. The van der Waals surface area contributed by atoms with Gasteiger partial charge in [0.05, 0.1) is 25.9 Å². The maximum Gasteiger partial charge on any atom is 0.386 e. The van der Waals surface area contributed by atoms with E-state index in [1.807, 2.05) is 0 Å². The van der Waals surface area contributed by atoms with Crippen LogP contribution in [0.2, 0.25) is 0 Å². The van der Waals surface area contributed by atoms with Crippen molar-refractivity contribution >= 4 is 68.2 Å². The summed E-state index contributed by atoms with van der Waals surface area (Å²) in [7, 11) is -3.04. The van der Waals surface area contributed by atoms with E-state index in [0.29, 0.717) is 0 Å². The minimum atomic E-state index is -4.42. The second-order valence-corrected chi connectivity index (χ2v) is 15.2. The van der Waals surface area contributed by atoms with Crippen LogP contribution >= 0.6 is 26.5 Å². The van der Waals surface area contributed by atoms with Crippen LogP contribution in [-0.4, -0.2) is 96.6 Å². The summed E-state index contributed by atoms with van der Waals surface area (Å²) < 4.78 is 94.8. The number of fused-ring (bicyclic) bond motifs is 4. The molecule has 19 nitrogen and oxygen atoms in total. The monoisotopic (exact) mass is 690 g/mol. The number of nitrogens with one attached hydrogen (secondary N) is 1. The zero-order chi connectivity index (χ0) is 31.8. The Hall–Kier alpha value is -3.01. The van der Waals surface area contributed by atoms with Crippen LogP contribution in [0.15, 0.2) is 23.8 Å². The molecule has 0 aliphatic carbocycles. The lowest BCUT2D eigenvalue weighted by Gasteiger charge is -2.29. The Morgan fingerprint density at radius 1 is 0.911 bits per heavy atom. The highest BCUT2D eigenvalue weighted by Gasteiger charge is 2.54. The maximum atomic E-state index is 16.0. The van der Waals surface area contributed by atoms with Crippen LogP contribution in [0, 0.1) is 0 Å². The first-order chi connectivity index (χ1) is 21.3. The number of hydrogen-bond donors (Lipinski definition) is 4. The fraction of sp³-hybridized carbons (Fsp3) is 0.500. The Labute approximate surface area is 255 Å². The fourth-order valence-corrected chi connectivity index (χ4v) is 8.01. The highest BCUT2D eigenvalue weighted by Crippen LogP contribution is 2.58. The lowest BCUT2D eigenvalue weighted by Crippen LogP contribution is -2.37. The first kappa shape index (κ1) is 30.6. The van der Waals surface area contributed by atoms with E-state index in [1.165, 1.54) is 10.9 Å². The number of rotatable bonds is 2. The molecule has 5 N–H and O–H groups in total. The van der Waals surface area contributed by atoms with Crippen LogP contribution in [0.3, 0.4) is 0 Å². The van der Waals surface area contributed by atoms with E-state index < -0.39 is 82.3 Å². The van der Waals surface area contributed by atoms with Gasteiger partial charge in [0.25, 0.3) is 20.6 Å². The van der Waals surface area contributed by atoms with Gasteiger partial charge < -0.3 is 30.0 Å². The van der Waals surface area contributed by atoms with Gasteiger partial charge in [0.15, 0.2) is 47.4 Å². The first-order valence-electron chi connectivity index (χ1n) is 13.1. The van der Waals surface area contributed by atoms with Crippen molar-refractivity contribution in [3.63, 3.8) is 0 Å². The predicted molar refractivity (Wildman–Crippen MR) is 154 cm³/mol. The van der Waals surface area contributed by atoms with Crippen LogP contribution < -0.4 is 17.0 Å². The second kappa shape index (κ2) is 11.1. The molecule has 25 heteroatoms. The molecule has 3 aliphatic heterocycles. The van der Waals surface area contributed by atoms with Gasteiger partial charge in [0, 0.05) is 0 Å². The number of alkyl halides is 2. The highest BCUT2D eigenvalue weighted by atomic mass is 32.7. The molecule has 0 spiro atoms. The van der Waals surface area contributed by atoms with Crippen LogP contribution in [-0.2, 0) is 36.7 Å². The highest BCUT2D eigenvalue weighted by molar-refractivity contribution is 8.44. The minimum absolute atomic E-state index is 0.0503. The van der Waals surface area contributed by atoms with Gasteiger partial charge in [-0.25, -0.2) is 33.3 Å². The molecule has 3 saturated heterocycles. The smallest absolute Gasteiger partial charge is 0.382 e. The minimum Gasteiger partial charge on any atom is -0.382 e. The summed E-state index contributed by atoms with van der Waals surface area (Å²) in [4.78, 5) is 34.5. The number of ether oxygens (including phenoxy) is 2. The molecular weight excluding hydrogens is 667 g/mol. The molecular formula is C20H23BF2N10O9P2S. The predicted octanol–water partition coefficient (Wildman–Crippen LogP) is 0.191. The van der Waals surface area contributed by atoms with Gasteiger partial charge in [0.2, 0.25) is 5.95 Å². The van der Waals surface area contributed by atoms with Gasteiger partial charge in [-0.2, -0.15) is 4.98 Å². The van der Waals surface area contributed by atoms with Crippen LogP contribution in [0.5, 0.6) is 0 Å². The molecule has 0 amide bonds. The molecule has 0 radical (unpaired) electrons. The number of nitrogens with zero attached hydrogens (tertiary/aromatic N) is 7. The van der Waals surface area contributed by atoms with Gasteiger partial charge in [-0.05, 0) is 0 Å². The molecule has 4 unspecified atom stereocenters. The number of aromatic nitrogens is 8. The van der Waals surface area contributed by atoms with Crippen LogP contribution in [0.4, 0.5) is 20.5 Å². The van der Waals surface area contributed by atoms with Crippen molar-refractivity contribution in [2.75, 3.05) is 24.7 Å². The molecule has 4 aromatic rings. The summed E-state index contributed by atoms with van der Waals surface area (Å²) in [5.41, 5.74) is 10.9. The lowest BCUT2D eigenvalue weighted by molar-refractivity contribution is -0.0546. The Morgan fingerprint density at radius 2 is 1.51 bits per heavy atom. The molecule has 3 aliphatic rings. The zero-order valence-electron chi connectivity index (χ0n) is 22.8. The van der Waals surface area contributed by atoms with Gasteiger partial charge in [-0.15, -0.1) is 0 Å². The van der Waals surface area contributed by atoms with Crippen molar-refractivity contribution in [3.8, 4) is 0 Å². The number of nitrogens with two attached hydrogens (primary N) is 2.